The van der Waals surface area contributed by atoms with E-state index in [1.165, 1.54) is 29.8 Å². The molecule has 3 aromatic rings. The summed E-state index contributed by atoms with van der Waals surface area (Å²) in [6, 6.07) is 4.64. The molecule has 0 spiro atoms. The zero-order chi connectivity index (χ0) is 16.9. The van der Waals surface area contributed by atoms with Crippen LogP contribution < -0.4 is 16.2 Å². The topological polar surface area (TPSA) is 78.9 Å². The van der Waals surface area contributed by atoms with Gasteiger partial charge in [-0.15, -0.1) is 11.3 Å². The monoisotopic (exact) mass is 349 g/mol. The van der Waals surface area contributed by atoms with Crippen LogP contribution in [0.4, 0.5) is 19.4 Å². The molecule has 6 nitrogen and oxygen atoms in total. The summed E-state index contributed by atoms with van der Waals surface area (Å²) < 4.78 is 27.0. The van der Waals surface area contributed by atoms with Gasteiger partial charge in [-0.3, -0.25) is 10.9 Å². The third kappa shape index (κ3) is 3.93. The maximum absolute atomic E-state index is 13.1. The Bertz CT molecular complexity index is 850. The largest absolute Gasteiger partial charge is 0.336 e. The number of hydrogen-bond donors (Lipinski definition) is 3. The van der Waals surface area contributed by atoms with E-state index >= 15 is 0 Å². The van der Waals surface area contributed by atoms with Gasteiger partial charge in [-0.2, -0.15) is 0 Å². The second-order valence-corrected chi connectivity index (χ2v) is 5.81. The van der Waals surface area contributed by atoms with Crippen LogP contribution in [0.1, 0.15) is 5.56 Å². The number of amides is 2. The highest BCUT2D eigenvalue weighted by molar-refractivity contribution is 7.17. The van der Waals surface area contributed by atoms with Gasteiger partial charge in [0.25, 0.3) is 0 Å². The minimum atomic E-state index is -0.639. The summed E-state index contributed by atoms with van der Waals surface area (Å²) in [6.45, 7) is 0.231. The molecule has 24 heavy (non-hydrogen) atoms. The van der Waals surface area contributed by atoms with E-state index in [-0.39, 0.29) is 6.54 Å². The highest BCUT2D eigenvalue weighted by Crippen LogP contribution is 2.23. The van der Waals surface area contributed by atoms with Gasteiger partial charge in [0.15, 0.2) is 5.82 Å². The fourth-order valence-corrected chi connectivity index (χ4v) is 2.90. The molecule has 0 saturated carbocycles. The third-order valence-electron chi connectivity index (χ3n) is 3.16. The third-order valence-corrected chi connectivity index (χ3v) is 4.07. The lowest BCUT2D eigenvalue weighted by molar-refractivity contribution is 0.243. The minimum absolute atomic E-state index is 0.231. The fraction of sp³-hybridized carbons (Fsp3) is 0.133. The van der Waals surface area contributed by atoms with Crippen LogP contribution in [-0.4, -0.2) is 22.5 Å². The van der Waals surface area contributed by atoms with E-state index in [1.807, 2.05) is 11.4 Å². The summed E-state index contributed by atoms with van der Waals surface area (Å²) >= 11 is 1.45. The van der Waals surface area contributed by atoms with Crippen LogP contribution in [-0.2, 0) is 6.42 Å². The summed E-state index contributed by atoms with van der Waals surface area (Å²) in [7, 11) is 0. The van der Waals surface area contributed by atoms with Crippen LogP contribution in [0.15, 0.2) is 36.0 Å². The van der Waals surface area contributed by atoms with Crippen LogP contribution in [0.5, 0.6) is 0 Å². The molecule has 2 heterocycles. The van der Waals surface area contributed by atoms with Crippen molar-refractivity contribution in [1.29, 1.82) is 0 Å². The molecular formula is C15H13F2N5OS. The molecule has 0 radical (unpaired) electrons. The number of halogens is 2. The van der Waals surface area contributed by atoms with Crippen molar-refractivity contribution in [1.82, 2.24) is 20.7 Å². The first kappa shape index (κ1) is 16.1. The lowest BCUT2D eigenvalue weighted by Gasteiger charge is -2.09. The van der Waals surface area contributed by atoms with Gasteiger partial charge in [0.1, 0.15) is 18.0 Å². The average Bonchev–Trinajstić information content (AvgIpc) is 3.01. The van der Waals surface area contributed by atoms with E-state index in [1.54, 1.807) is 0 Å². The summed E-state index contributed by atoms with van der Waals surface area (Å²) in [5.41, 5.74) is 6.43. The zero-order valence-corrected chi connectivity index (χ0v) is 13.2. The number of urea groups is 1. The molecule has 0 fully saturated rings. The van der Waals surface area contributed by atoms with Gasteiger partial charge in [0, 0.05) is 12.6 Å². The number of rotatable bonds is 5. The highest BCUT2D eigenvalue weighted by Gasteiger charge is 2.06. The normalized spacial score (nSPS) is 10.6. The van der Waals surface area contributed by atoms with Gasteiger partial charge < -0.3 is 5.32 Å². The van der Waals surface area contributed by atoms with Crippen LogP contribution >= 0.6 is 11.3 Å². The standard InChI is InChI=1S/C15H13F2N5OS/c16-10-5-9(6-11(17)7-10)1-3-18-15(23)22-21-14-13-12(2-4-24-13)19-8-20-14/h2,4-8H,1,3H2,(H2,18,22,23)(H,19,20,21). The van der Waals surface area contributed by atoms with Crippen molar-refractivity contribution < 1.29 is 13.6 Å². The molecule has 124 valence electrons. The number of anilines is 1. The Balaban J connectivity index is 1.48. The fourth-order valence-electron chi connectivity index (χ4n) is 2.11. The maximum atomic E-state index is 13.1. The van der Waals surface area contributed by atoms with Gasteiger partial charge in [-0.1, -0.05) is 0 Å². The SMILES string of the molecule is O=C(NCCc1cc(F)cc(F)c1)NNc1ncnc2ccsc12. The summed E-state index contributed by atoms with van der Waals surface area (Å²) in [5.74, 6) is -0.781. The van der Waals surface area contributed by atoms with Crippen LogP contribution in [0.2, 0.25) is 0 Å². The molecule has 0 aliphatic rings. The first-order valence-corrected chi connectivity index (χ1v) is 7.93. The Morgan fingerprint density at radius 3 is 2.75 bits per heavy atom. The van der Waals surface area contributed by atoms with Crippen LogP contribution in [0, 0.1) is 11.6 Å². The molecule has 0 unspecified atom stereocenters. The number of nitrogens with zero attached hydrogens (tertiary/aromatic N) is 2. The number of nitrogens with one attached hydrogen (secondary N) is 3. The number of benzene rings is 1. The molecule has 0 aliphatic carbocycles. The van der Waals surface area contributed by atoms with Gasteiger partial charge in [-0.05, 0) is 35.6 Å². The number of hydrazine groups is 1. The van der Waals surface area contributed by atoms with Crippen molar-refractivity contribution in [3.63, 3.8) is 0 Å². The predicted molar refractivity (Wildman–Crippen MR) is 87.6 cm³/mol. The molecule has 2 amide bonds. The van der Waals surface area contributed by atoms with Crippen molar-refractivity contribution in [3.8, 4) is 0 Å². The molecule has 0 aliphatic heterocycles. The highest BCUT2D eigenvalue weighted by atomic mass is 32.1. The first-order valence-electron chi connectivity index (χ1n) is 7.05. The van der Waals surface area contributed by atoms with Gasteiger partial charge in [0.05, 0.1) is 10.2 Å². The average molecular weight is 349 g/mol. The van der Waals surface area contributed by atoms with E-state index in [0.717, 1.165) is 16.3 Å². The van der Waals surface area contributed by atoms with E-state index in [0.29, 0.717) is 17.8 Å². The minimum Gasteiger partial charge on any atom is -0.336 e. The number of carbonyl (C=O) groups is 1. The van der Waals surface area contributed by atoms with Gasteiger partial charge >= 0.3 is 6.03 Å². The Kier molecular flexibility index (Phi) is 4.80. The van der Waals surface area contributed by atoms with Crippen molar-refractivity contribution in [2.75, 3.05) is 12.0 Å². The van der Waals surface area contributed by atoms with E-state index in [9.17, 15) is 13.6 Å². The molecule has 1 aromatic carbocycles. The lowest BCUT2D eigenvalue weighted by Crippen LogP contribution is -2.40. The predicted octanol–water partition coefficient (Wildman–Crippen LogP) is 2.84. The molecule has 0 saturated heterocycles. The number of fused-ring (bicyclic) bond motifs is 1. The molecule has 3 rings (SSSR count). The second kappa shape index (κ2) is 7.18. The van der Waals surface area contributed by atoms with Crippen molar-refractivity contribution in [3.05, 3.63) is 53.2 Å². The number of thiophene rings is 1. The molecule has 3 N–H and O–H groups in total. The second-order valence-electron chi connectivity index (χ2n) is 4.89. The van der Waals surface area contributed by atoms with E-state index in [4.69, 9.17) is 0 Å². The number of carbonyl (C=O) groups excluding carboxylic acids is 1. The van der Waals surface area contributed by atoms with Crippen molar-refractivity contribution >= 4 is 33.4 Å². The molecule has 0 bridgehead atoms. The Hall–Kier alpha value is -2.81. The van der Waals surface area contributed by atoms with E-state index < -0.39 is 17.7 Å². The number of aromatic nitrogens is 2. The van der Waals surface area contributed by atoms with Crippen molar-refractivity contribution in [2.45, 2.75) is 6.42 Å². The molecule has 2 aromatic heterocycles. The van der Waals surface area contributed by atoms with E-state index in [2.05, 4.69) is 26.1 Å². The first-order chi connectivity index (χ1) is 11.6. The Morgan fingerprint density at radius 1 is 1.17 bits per heavy atom. The Morgan fingerprint density at radius 2 is 1.96 bits per heavy atom. The number of hydrogen-bond acceptors (Lipinski definition) is 5. The quantitative estimate of drug-likeness (QED) is 0.619. The van der Waals surface area contributed by atoms with Crippen LogP contribution in [0.3, 0.4) is 0 Å². The molecule has 9 heteroatoms. The maximum Gasteiger partial charge on any atom is 0.333 e. The smallest absolute Gasteiger partial charge is 0.333 e. The Labute approximate surface area is 139 Å². The molecule has 0 atom stereocenters. The van der Waals surface area contributed by atoms with Crippen molar-refractivity contribution in [2.24, 2.45) is 0 Å². The van der Waals surface area contributed by atoms with Gasteiger partial charge in [0.2, 0.25) is 0 Å². The zero-order valence-electron chi connectivity index (χ0n) is 12.3. The lowest BCUT2D eigenvalue weighted by atomic mass is 10.1. The summed E-state index contributed by atoms with van der Waals surface area (Å²) in [5, 5.41) is 4.46. The van der Waals surface area contributed by atoms with Crippen LogP contribution in [0.25, 0.3) is 10.2 Å². The summed E-state index contributed by atoms with van der Waals surface area (Å²) in [6.07, 6.45) is 1.71. The summed E-state index contributed by atoms with van der Waals surface area (Å²) in [4.78, 5) is 19.9. The van der Waals surface area contributed by atoms with Gasteiger partial charge in [-0.25, -0.2) is 23.5 Å². The molecular weight excluding hydrogens is 336 g/mol.